The fourth-order valence-corrected chi connectivity index (χ4v) is 3.67. The van der Waals surface area contributed by atoms with Crippen molar-refractivity contribution in [3.63, 3.8) is 0 Å². The molecule has 0 radical (unpaired) electrons. The molecule has 0 spiro atoms. The molecule has 4 heterocycles. The van der Waals surface area contributed by atoms with Crippen LogP contribution in [-0.4, -0.2) is 50.4 Å². The first-order valence-electron chi connectivity index (χ1n) is 9.08. The van der Waals surface area contributed by atoms with Crippen LogP contribution in [0.15, 0.2) is 24.7 Å². The number of hydrogen-bond donors (Lipinski definition) is 0. The van der Waals surface area contributed by atoms with E-state index in [0.717, 1.165) is 12.0 Å². The lowest BCUT2D eigenvalue weighted by Crippen LogP contribution is -2.42. The lowest BCUT2D eigenvalue weighted by Gasteiger charge is -2.33. The summed E-state index contributed by atoms with van der Waals surface area (Å²) in [7, 11) is 1.87. The highest BCUT2D eigenvalue weighted by atomic mass is 16.7. The minimum absolute atomic E-state index is 0.0349. The van der Waals surface area contributed by atoms with Crippen molar-refractivity contribution in [2.45, 2.75) is 25.3 Å². The summed E-state index contributed by atoms with van der Waals surface area (Å²) in [4.78, 5) is 29.2. The second-order valence-electron chi connectivity index (χ2n) is 6.86. The van der Waals surface area contributed by atoms with Gasteiger partial charge in [0, 0.05) is 50.4 Å². The highest BCUT2D eigenvalue weighted by Gasteiger charge is 2.37. The number of rotatable bonds is 3. The maximum Gasteiger partial charge on any atom is 0.249 e. The van der Waals surface area contributed by atoms with E-state index in [1.54, 1.807) is 28.2 Å². The van der Waals surface area contributed by atoms with Gasteiger partial charge in [-0.05, 0) is 18.9 Å². The van der Waals surface area contributed by atoms with Crippen molar-refractivity contribution in [1.29, 1.82) is 5.26 Å². The molecule has 2 aromatic rings. The lowest BCUT2D eigenvalue weighted by molar-refractivity contribution is -0.182. The molecule has 2 aliphatic heterocycles. The molecule has 2 aromatic heterocycles. The number of aryl methyl sites for hydroxylation is 1. The minimum atomic E-state index is -0.0855. The Morgan fingerprint density at radius 1 is 1.33 bits per heavy atom. The van der Waals surface area contributed by atoms with E-state index in [-0.39, 0.29) is 17.9 Å². The van der Waals surface area contributed by atoms with Crippen LogP contribution in [0.1, 0.15) is 36.6 Å². The molecule has 27 heavy (non-hydrogen) atoms. The number of amides is 1. The Labute approximate surface area is 157 Å². The summed E-state index contributed by atoms with van der Waals surface area (Å²) < 4.78 is 1.74. The normalized spacial score (nSPS) is 20.7. The molecule has 1 unspecified atom stereocenters. The van der Waals surface area contributed by atoms with Gasteiger partial charge in [-0.1, -0.05) is 0 Å². The number of anilines is 1. The van der Waals surface area contributed by atoms with Gasteiger partial charge < -0.3 is 4.90 Å². The monoisotopic (exact) mass is 367 g/mol. The molecular formula is C18H21N7O2. The summed E-state index contributed by atoms with van der Waals surface area (Å²) in [5.74, 6) is 0.496. The van der Waals surface area contributed by atoms with Gasteiger partial charge in [0.05, 0.1) is 18.8 Å². The van der Waals surface area contributed by atoms with Crippen LogP contribution in [0.3, 0.4) is 0 Å². The number of piperidine rings is 1. The zero-order valence-electron chi connectivity index (χ0n) is 15.2. The largest absolute Gasteiger partial charge is 0.341 e. The first-order chi connectivity index (χ1) is 13.2. The lowest BCUT2D eigenvalue weighted by atomic mass is 9.95. The molecule has 2 fully saturated rings. The maximum atomic E-state index is 13.0. The summed E-state index contributed by atoms with van der Waals surface area (Å²) >= 11 is 0. The van der Waals surface area contributed by atoms with E-state index < -0.39 is 0 Å². The zero-order valence-corrected chi connectivity index (χ0v) is 15.2. The topological polar surface area (TPSA) is 100 Å². The number of hydrogen-bond acceptors (Lipinski definition) is 7. The molecule has 1 amide bonds. The SMILES string of the molecule is Cn1cc(C2CCON2C(=O)C2CCN(c3nccc(C#N)n3)CC2)cn1. The third kappa shape index (κ3) is 3.48. The van der Waals surface area contributed by atoms with Crippen LogP contribution < -0.4 is 4.90 Å². The molecule has 0 bridgehead atoms. The fourth-order valence-electron chi connectivity index (χ4n) is 3.67. The van der Waals surface area contributed by atoms with E-state index in [0.29, 0.717) is 44.2 Å². The van der Waals surface area contributed by atoms with E-state index in [1.165, 1.54) is 0 Å². The number of carbonyl (C=O) groups is 1. The van der Waals surface area contributed by atoms with E-state index in [9.17, 15) is 4.79 Å². The highest BCUT2D eigenvalue weighted by Crippen LogP contribution is 2.33. The molecule has 2 aliphatic rings. The van der Waals surface area contributed by atoms with Gasteiger partial charge in [0.15, 0.2) is 0 Å². The van der Waals surface area contributed by atoms with Crippen LogP contribution in [0, 0.1) is 17.2 Å². The van der Waals surface area contributed by atoms with Gasteiger partial charge in [0.1, 0.15) is 11.8 Å². The van der Waals surface area contributed by atoms with E-state index >= 15 is 0 Å². The summed E-state index contributed by atoms with van der Waals surface area (Å²) in [6.07, 6.45) is 7.51. The van der Waals surface area contributed by atoms with Crippen LogP contribution in [0.5, 0.6) is 0 Å². The zero-order chi connectivity index (χ0) is 18.8. The predicted octanol–water partition coefficient (Wildman–Crippen LogP) is 1.20. The number of carbonyl (C=O) groups excluding carboxylic acids is 1. The summed E-state index contributed by atoms with van der Waals surface area (Å²) in [5, 5.41) is 14.7. The van der Waals surface area contributed by atoms with Crippen LogP contribution in [0.4, 0.5) is 5.95 Å². The molecule has 140 valence electrons. The summed E-state index contributed by atoms with van der Waals surface area (Å²) in [5.41, 5.74) is 1.35. The van der Waals surface area contributed by atoms with Crippen LogP contribution in [0.2, 0.25) is 0 Å². The molecule has 0 N–H and O–H groups in total. The minimum Gasteiger partial charge on any atom is -0.341 e. The van der Waals surface area contributed by atoms with Crippen molar-refractivity contribution in [2.75, 3.05) is 24.6 Å². The Hall–Kier alpha value is -2.99. The maximum absolute atomic E-state index is 13.0. The van der Waals surface area contributed by atoms with Gasteiger partial charge in [-0.3, -0.25) is 14.3 Å². The van der Waals surface area contributed by atoms with E-state index in [1.807, 2.05) is 24.2 Å². The Bertz CT molecular complexity index is 867. The predicted molar refractivity (Wildman–Crippen MR) is 95.0 cm³/mol. The van der Waals surface area contributed by atoms with Crippen molar-refractivity contribution in [3.05, 3.63) is 35.9 Å². The molecule has 0 aliphatic carbocycles. The van der Waals surface area contributed by atoms with Gasteiger partial charge in [-0.15, -0.1) is 0 Å². The van der Waals surface area contributed by atoms with Crippen LogP contribution >= 0.6 is 0 Å². The Balaban J connectivity index is 1.40. The molecule has 4 rings (SSSR count). The second-order valence-corrected chi connectivity index (χ2v) is 6.86. The average molecular weight is 367 g/mol. The number of nitrogens with zero attached hydrogens (tertiary/aromatic N) is 7. The molecule has 2 saturated heterocycles. The van der Waals surface area contributed by atoms with Gasteiger partial charge in [-0.25, -0.2) is 15.0 Å². The van der Waals surface area contributed by atoms with E-state index in [2.05, 4.69) is 15.1 Å². The van der Waals surface area contributed by atoms with Crippen molar-refractivity contribution >= 4 is 11.9 Å². The Kier molecular flexibility index (Phi) is 4.73. The summed E-state index contributed by atoms with van der Waals surface area (Å²) in [6.45, 7) is 1.90. The number of nitriles is 1. The third-order valence-corrected chi connectivity index (χ3v) is 5.12. The van der Waals surface area contributed by atoms with Crippen molar-refractivity contribution in [2.24, 2.45) is 13.0 Å². The molecule has 9 nitrogen and oxygen atoms in total. The van der Waals surface area contributed by atoms with Crippen molar-refractivity contribution in [1.82, 2.24) is 24.8 Å². The third-order valence-electron chi connectivity index (χ3n) is 5.12. The Morgan fingerprint density at radius 2 is 2.15 bits per heavy atom. The van der Waals surface area contributed by atoms with Gasteiger partial charge in [0.2, 0.25) is 11.9 Å². The van der Waals surface area contributed by atoms with Gasteiger partial charge in [0.25, 0.3) is 0 Å². The Morgan fingerprint density at radius 3 is 2.85 bits per heavy atom. The fraction of sp³-hybridized carbons (Fsp3) is 0.500. The van der Waals surface area contributed by atoms with Gasteiger partial charge in [-0.2, -0.15) is 10.4 Å². The van der Waals surface area contributed by atoms with Crippen LogP contribution in [0.25, 0.3) is 0 Å². The first-order valence-corrected chi connectivity index (χ1v) is 9.08. The molecule has 1 atom stereocenters. The van der Waals surface area contributed by atoms with Gasteiger partial charge >= 0.3 is 0 Å². The standard InChI is InChI=1S/C18H21N7O2/c1-23-12-14(11-21-23)16-5-9-27-25(16)17(26)13-3-7-24(8-4-13)18-20-6-2-15(10-19)22-18/h2,6,11-13,16H,3-5,7-9H2,1H3. The number of aromatic nitrogens is 4. The molecule has 0 saturated carbocycles. The molecule has 0 aromatic carbocycles. The quantitative estimate of drug-likeness (QED) is 0.803. The smallest absolute Gasteiger partial charge is 0.249 e. The van der Waals surface area contributed by atoms with Crippen molar-refractivity contribution in [3.8, 4) is 6.07 Å². The molecular weight excluding hydrogens is 346 g/mol. The van der Waals surface area contributed by atoms with Crippen molar-refractivity contribution < 1.29 is 9.63 Å². The van der Waals surface area contributed by atoms with E-state index in [4.69, 9.17) is 10.1 Å². The number of hydroxylamine groups is 2. The second kappa shape index (κ2) is 7.32. The highest BCUT2D eigenvalue weighted by molar-refractivity contribution is 5.78. The average Bonchev–Trinajstić information content (AvgIpc) is 3.36. The first kappa shape index (κ1) is 17.4. The molecule has 9 heteroatoms. The van der Waals surface area contributed by atoms with Crippen LogP contribution in [-0.2, 0) is 16.7 Å². The summed E-state index contributed by atoms with van der Waals surface area (Å²) in [6, 6.07) is 3.55.